The van der Waals surface area contributed by atoms with Crippen LogP contribution in [0.2, 0.25) is 0 Å². The van der Waals surface area contributed by atoms with Crippen LogP contribution in [0.25, 0.3) is 0 Å². The average Bonchev–Trinajstić information content (AvgIpc) is 2.25. The molecular formula is C12H20O4. The molecule has 0 aromatic heterocycles. The van der Waals surface area contributed by atoms with E-state index in [4.69, 9.17) is 9.84 Å². The third-order valence-electron chi connectivity index (χ3n) is 2.11. The Morgan fingerprint density at radius 3 is 2.44 bits per heavy atom. The van der Waals surface area contributed by atoms with E-state index in [-0.39, 0.29) is 12.8 Å². The molecule has 4 nitrogen and oxygen atoms in total. The van der Waals surface area contributed by atoms with Crippen molar-refractivity contribution in [3.8, 4) is 0 Å². The van der Waals surface area contributed by atoms with Crippen LogP contribution >= 0.6 is 0 Å². The van der Waals surface area contributed by atoms with Crippen LogP contribution in [0.15, 0.2) is 12.7 Å². The van der Waals surface area contributed by atoms with Crippen LogP contribution in [0, 0.1) is 0 Å². The molecule has 0 atom stereocenters. The van der Waals surface area contributed by atoms with Gasteiger partial charge in [0.15, 0.2) is 0 Å². The van der Waals surface area contributed by atoms with Gasteiger partial charge in [0.2, 0.25) is 0 Å². The van der Waals surface area contributed by atoms with Crippen LogP contribution in [0.1, 0.15) is 44.9 Å². The number of esters is 1. The Morgan fingerprint density at radius 2 is 1.81 bits per heavy atom. The second kappa shape index (κ2) is 10.2. The minimum atomic E-state index is -0.971. The zero-order valence-electron chi connectivity index (χ0n) is 9.61. The van der Waals surface area contributed by atoms with Gasteiger partial charge in [-0.2, -0.15) is 0 Å². The van der Waals surface area contributed by atoms with Crippen molar-refractivity contribution in [3.63, 3.8) is 0 Å². The molecule has 0 aromatic rings. The number of hydrogen-bond acceptors (Lipinski definition) is 3. The van der Waals surface area contributed by atoms with Gasteiger partial charge in [-0.15, -0.1) is 6.58 Å². The van der Waals surface area contributed by atoms with Gasteiger partial charge < -0.3 is 9.84 Å². The summed E-state index contributed by atoms with van der Waals surface area (Å²) in [6.07, 6.45) is 6.83. The monoisotopic (exact) mass is 228 g/mol. The Bertz CT molecular complexity index is 223. The summed E-state index contributed by atoms with van der Waals surface area (Å²) < 4.78 is 4.88. The first-order valence-electron chi connectivity index (χ1n) is 5.65. The second-order valence-corrected chi connectivity index (χ2v) is 3.61. The SMILES string of the molecule is C=CCCCCCCOC(=O)CCC(=O)O. The smallest absolute Gasteiger partial charge is 0.306 e. The predicted molar refractivity (Wildman–Crippen MR) is 61.1 cm³/mol. The fourth-order valence-corrected chi connectivity index (χ4v) is 1.21. The number of ether oxygens (including phenoxy) is 1. The summed E-state index contributed by atoms with van der Waals surface area (Å²) in [6.45, 7) is 4.03. The zero-order chi connectivity index (χ0) is 12.2. The number of carboxylic acid groups (broad SMARTS) is 1. The van der Waals surface area contributed by atoms with Crippen LogP contribution in [0.4, 0.5) is 0 Å². The molecule has 0 rings (SSSR count). The van der Waals surface area contributed by atoms with E-state index in [1.807, 2.05) is 6.08 Å². The van der Waals surface area contributed by atoms with Crippen molar-refractivity contribution in [1.82, 2.24) is 0 Å². The highest BCUT2D eigenvalue weighted by atomic mass is 16.5. The molecule has 92 valence electrons. The van der Waals surface area contributed by atoms with Crippen molar-refractivity contribution in [2.45, 2.75) is 44.9 Å². The number of rotatable bonds is 10. The number of carbonyl (C=O) groups excluding carboxylic acids is 1. The maximum atomic E-state index is 11.0. The summed E-state index contributed by atoms with van der Waals surface area (Å²) >= 11 is 0. The Balaban J connectivity index is 3.21. The van der Waals surface area contributed by atoms with E-state index in [1.54, 1.807) is 0 Å². The van der Waals surface area contributed by atoms with E-state index in [2.05, 4.69) is 6.58 Å². The number of aliphatic carboxylic acids is 1. The maximum absolute atomic E-state index is 11.0. The summed E-state index contributed by atoms with van der Waals surface area (Å²) in [5.41, 5.74) is 0. The zero-order valence-corrected chi connectivity index (χ0v) is 9.61. The number of hydrogen-bond donors (Lipinski definition) is 1. The van der Waals surface area contributed by atoms with Crippen LogP contribution in [0.3, 0.4) is 0 Å². The molecule has 0 spiro atoms. The Morgan fingerprint density at radius 1 is 1.12 bits per heavy atom. The molecule has 0 aliphatic rings. The standard InChI is InChI=1S/C12H20O4/c1-2-3-4-5-6-7-10-16-12(15)9-8-11(13)14/h2H,1,3-10H2,(H,13,14). The maximum Gasteiger partial charge on any atom is 0.306 e. The first-order chi connectivity index (χ1) is 7.66. The molecular weight excluding hydrogens is 208 g/mol. The predicted octanol–water partition coefficient (Wildman–Crippen LogP) is 2.53. The Kier molecular flexibility index (Phi) is 9.36. The summed E-state index contributed by atoms with van der Waals surface area (Å²) in [7, 11) is 0. The lowest BCUT2D eigenvalue weighted by Gasteiger charge is -2.03. The molecule has 0 aromatic carbocycles. The number of unbranched alkanes of at least 4 members (excludes halogenated alkanes) is 4. The van der Waals surface area contributed by atoms with Gasteiger partial charge in [-0.25, -0.2) is 0 Å². The van der Waals surface area contributed by atoms with Crippen molar-refractivity contribution in [2.24, 2.45) is 0 Å². The summed E-state index contributed by atoms with van der Waals surface area (Å²) in [5.74, 6) is -1.39. The van der Waals surface area contributed by atoms with Crippen molar-refractivity contribution in [1.29, 1.82) is 0 Å². The van der Waals surface area contributed by atoms with Gasteiger partial charge >= 0.3 is 11.9 Å². The molecule has 0 radical (unpaired) electrons. The molecule has 0 aliphatic heterocycles. The molecule has 1 N–H and O–H groups in total. The van der Waals surface area contributed by atoms with Gasteiger partial charge in [-0.1, -0.05) is 18.9 Å². The fraction of sp³-hybridized carbons (Fsp3) is 0.667. The Hall–Kier alpha value is -1.32. The molecule has 0 heterocycles. The lowest BCUT2D eigenvalue weighted by Crippen LogP contribution is -2.08. The molecule has 0 saturated heterocycles. The van der Waals surface area contributed by atoms with E-state index in [0.717, 1.165) is 32.1 Å². The van der Waals surface area contributed by atoms with Crippen LogP contribution in [-0.2, 0) is 14.3 Å². The van der Waals surface area contributed by atoms with Crippen LogP contribution in [-0.4, -0.2) is 23.7 Å². The van der Waals surface area contributed by atoms with E-state index < -0.39 is 11.9 Å². The van der Waals surface area contributed by atoms with E-state index in [1.165, 1.54) is 0 Å². The highest BCUT2D eigenvalue weighted by Gasteiger charge is 2.05. The third-order valence-corrected chi connectivity index (χ3v) is 2.11. The van der Waals surface area contributed by atoms with Gasteiger partial charge in [-0.05, 0) is 19.3 Å². The molecule has 0 unspecified atom stereocenters. The van der Waals surface area contributed by atoms with Gasteiger partial charge in [0.25, 0.3) is 0 Å². The highest BCUT2D eigenvalue weighted by Crippen LogP contribution is 2.04. The van der Waals surface area contributed by atoms with E-state index >= 15 is 0 Å². The van der Waals surface area contributed by atoms with Gasteiger partial charge in [0.1, 0.15) is 0 Å². The normalized spacial score (nSPS) is 9.75. The quantitative estimate of drug-likeness (QED) is 0.354. The Labute approximate surface area is 96.3 Å². The van der Waals surface area contributed by atoms with Crippen molar-refractivity contribution in [2.75, 3.05) is 6.61 Å². The summed E-state index contributed by atoms with van der Waals surface area (Å²) in [5, 5.41) is 8.34. The third kappa shape index (κ3) is 10.8. The lowest BCUT2D eigenvalue weighted by molar-refractivity contribution is -0.147. The molecule has 0 amide bonds. The summed E-state index contributed by atoms with van der Waals surface area (Å²) in [6, 6.07) is 0. The molecule has 0 fully saturated rings. The van der Waals surface area contributed by atoms with Crippen LogP contribution < -0.4 is 0 Å². The van der Waals surface area contributed by atoms with E-state index in [0.29, 0.717) is 6.61 Å². The molecule has 16 heavy (non-hydrogen) atoms. The average molecular weight is 228 g/mol. The highest BCUT2D eigenvalue weighted by molar-refractivity contribution is 5.76. The first kappa shape index (κ1) is 14.7. The minimum Gasteiger partial charge on any atom is -0.481 e. The van der Waals surface area contributed by atoms with Crippen molar-refractivity contribution in [3.05, 3.63) is 12.7 Å². The lowest BCUT2D eigenvalue weighted by atomic mass is 10.1. The van der Waals surface area contributed by atoms with Gasteiger partial charge in [0, 0.05) is 0 Å². The number of allylic oxidation sites excluding steroid dienone is 1. The van der Waals surface area contributed by atoms with Crippen molar-refractivity contribution >= 4 is 11.9 Å². The molecule has 0 aliphatic carbocycles. The molecule has 0 bridgehead atoms. The van der Waals surface area contributed by atoms with Crippen LogP contribution in [0.5, 0.6) is 0 Å². The fourth-order valence-electron chi connectivity index (χ4n) is 1.21. The molecule has 4 heteroatoms. The summed E-state index contributed by atoms with van der Waals surface area (Å²) in [4.78, 5) is 21.1. The topological polar surface area (TPSA) is 63.6 Å². The number of carboxylic acids is 1. The van der Waals surface area contributed by atoms with Gasteiger partial charge in [-0.3, -0.25) is 9.59 Å². The first-order valence-corrected chi connectivity index (χ1v) is 5.65. The second-order valence-electron chi connectivity index (χ2n) is 3.61. The number of carbonyl (C=O) groups is 2. The van der Waals surface area contributed by atoms with Gasteiger partial charge in [0.05, 0.1) is 19.4 Å². The molecule has 0 saturated carbocycles. The minimum absolute atomic E-state index is 0.0359. The van der Waals surface area contributed by atoms with Crippen molar-refractivity contribution < 1.29 is 19.4 Å². The largest absolute Gasteiger partial charge is 0.481 e. The van der Waals surface area contributed by atoms with E-state index in [9.17, 15) is 9.59 Å².